The van der Waals surface area contributed by atoms with E-state index in [1.165, 1.54) is 13.8 Å². The standard InChI is InChI=1S/C12H13NO4/c1-7-4-5-8-9(6-7)17-11(16)13(8)12(2,3)10(14)15/h4-6H,1-3H3,(H,14,15). The van der Waals surface area contributed by atoms with Gasteiger partial charge in [0.25, 0.3) is 0 Å². The van der Waals surface area contributed by atoms with Gasteiger partial charge < -0.3 is 9.52 Å². The largest absolute Gasteiger partial charge is 0.480 e. The molecule has 0 unspecified atom stereocenters. The van der Waals surface area contributed by atoms with Crippen molar-refractivity contribution in [2.75, 3.05) is 0 Å². The van der Waals surface area contributed by atoms with E-state index in [4.69, 9.17) is 9.52 Å². The van der Waals surface area contributed by atoms with E-state index in [-0.39, 0.29) is 0 Å². The molecule has 1 N–H and O–H groups in total. The maximum atomic E-state index is 11.7. The van der Waals surface area contributed by atoms with E-state index in [9.17, 15) is 9.59 Å². The molecule has 0 bridgehead atoms. The number of oxazole rings is 1. The van der Waals surface area contributed by atoms with Gasteiger partial charge in [0, 0.05) is 0 Å². The van der Waals surface area contributed by atoms with Crippen molar-refractivity contribution >= 4 is 17.1 Å². The first-order chi connectivity index (χ1) is 7.84. The van der Waals surface area contributed by atoms with Crippen molar-refractivity contribution in [1.29, 1.82) is 0 Å². The van der Waals surface area contributed by atoms with Gasteiger partial charge in [-0.15, -0.1) is 0 Å². The minimum atomic E-state index is -1.34. The molecule has 1 aromatic carbocycles. The highest BCUT2D eigenvalue weighted by Gasteiger charge is 2.33. The van der Waals surface area contributed by atoms with Crippen LogP contribution >= 0.6 is 0 Å². The lowest BCUT2D eigenvalue weighted by Gasteiger charge is -2.20. The van der Waals surface area contributed by atoms with E-state index in [0.717, 1.165) is 10.1 Å². The zero-order chi connectivity index (χ0) is 12.8. The first-order valence-corrected chi connectivity index (χ1v) is 5.20. The maximum absolute atomic E-state index is 11.7. The monoisotopic (exact) mass is 235 g/mol. The SMILES string of the molecule is Cc1ccc2c(c1)oc(=O)n2C(C)(C)C(=O)O. The van der Waals surface area contributed by atoms with E-state index >= 15 is 0 Å². The molecule has 0 spiro atoms. The second-order valence-corrected chi connectivity index (χ2v) is 4.54. The fraction of sp³-hybridized carbons (Fsp3) is 0.333. The van der Waals surface area contributed by atoms with Crippen LogP contribution in [0.3, 0.4) is 0 Å². The van der Waals surface area contributed by atoms with E-state index in [1.807, 2.05) is 13.0 Å². The average molecular weight is 235 g/mol. The molecule has 2 rings (SSSR count). The van der Waals surface area contributed by atoms with Crippen LogP contribution in [0.1, 0.15) is 19.4 Å². The van der Waals surface area contributed by atoms with Crippen molar-refractivity contribution in [1.82, 2.24) is 4.57 Å². The Morgan fingerprint density at radius 1 is 1.41 bits per heavy atom. The molecule has 5 nitrogen and oxygen atoms in total. The summed E-state index contributed by atoms with van der Waals surface area (Å²) in [5.41, 5.74) is 0.515. The molecule has 0 amide bonds. The van der Waals surface area contributed by atoms with E-state index in [1.54, 1.807) is 12.1 Å². The van der Waals surface area contributed by atoms with Crippen LogP contribution in [-0.4, -0.2) is 15.6 Å². The topological polar surface area (TPSA) is 72.4 Å². The average Bonchev–Trinajstić information content (AvgIpc) is 2.53. The number of carbonyl (C=O) groups is 1. The second-order valence-electron chi connectivity index (χ2n) is 4.54. The molecule has 0 saturated carbocycles. The van der Waals surface area contributed by atoms with Gasteiger partial charge in [0.05, 0.1) is 5.52 Å². The predicted molar refractivity (Wildman–Crippen MR) is 62.2 cm³/mol. The number of rotatable bonds is 2. The second kappa shape index (κ2) is 3.48. The predicted octanol–water partition coefficient (Wildman–Crippen LogP) is 1.72. The quantitative estimate of drug-likeness (QED) is 0.860. The number of carboxylic acid groups (broad SMARTS) is 1. The Kier molecular flexibility index (Phi) is 2.34. The van der Waals surface area contributed by atoms with Crippen LogP contribution in [0.2, 0.25) is 0 Å². The molecule has 90 valence electrons. The van der Waals surface area contributed by atoms with Crippen LogP contribution < -0.4 is 5.76 Å². The number of carboxylic acids is 1. The van der Waals surface area contributed by atoms with Crippen LogP contribution in [0.25, 0.3) is 11.1 Å². The molecule has 5 heteroatoms. The Morgan fingerprint density at radius 2 is 2.06 bits per heavy atom. The summed E-state index contributed by atoms with van der Waals surface area (Å²) in [5, 5.41) is 9.15. The molecular formula is C12H13NO4. The summed E-state index contributed by atoms with van der Waals surface area (Å²) >= 11 is 0. The Morgan fingerprint density at radius 3 is 2.65 bits per heavy atom. The van der Waals surface area contributed by atoms with E-state index in [2.05, 4.69) is 0 Å². The fourth-order valence-corrected chi connectivity index (χ4v) is 1.75. The Balaban J connectivity index is 2.83. The molecule has 0 atom stereocenters. The summed E-state index contributed by atoms with van der Waals surface area (Å²) in [7, 11) is 0. The first kappa shape index (κ1) is 11.4. The molecular weight excluding hydrogens is 222 g/mol. The highest BCUT2D eigenvalue weighted by Crippen LogP contribution is 2.22. The van der Waals surface area contributed by atoms with Crippen molar-refractivity contribution in [2.45, 2.75) is 26.3 Å². The van der Waals surface area contributed by atoms with E-state index in [0.29, 0.717) is 11.1 Å². The van der Waals surface area contributed by atoms with Crippen molar-refractivity contribution in [3.8, 4) is 0 Å². The van der Waals surface area contributed by atoms with Gasteiger partial charge >= 0.3 is 11.7 Å². The Labute approximate surface area is 97.3 Å². The summed E-state index contributed by atoms with van der Waals surface area (Å²) in [6.45, 7) is 4.80. The lowest BCUT2D eigenvalue weighted by atomic mass is 10.1. The number of aliphatic carboxylic acids is 1. The molecule has 0 radical (unpaired) electrons. The number of nitrogens with zero attached hydrogens (tertiary/aromatic N) is 1. The minimum absolute atomic E-state index is 0.407. The van der Waals surface area contributed by atoms with Crippen LogP contribution in [0.4, 0.5) is 0 Å². The Hall–Kier alpha value is -2.04. The third-order valence-corrected chi connectivity index (χ3v) is 2.82. The number of hydrogen-bond acceptors (Lipinski definition) is 3. The molecule has 17 heavy (non-hydrogen) atoms. The summed E-state index contributed by atoms with van der Waals surface area (Å²) in [6, 6.07) is 5.22. The molecule has 0 aliphatic heterocycles. The van der Waals surface area contributed by atoms with Crippen molar-refractivity contribution in [2.24, 2.45) is 0 Å². The third-order valence-electron chi connectivity index (χ3n) is 2.82. The first-order valence-electron chi connectivity index (χ1n) is 5.20. The number of aryl methyl sites for hydroxylation is 1. The number of aromatic nitrogens is 1. The van der Waals surface area contributed by atoms with E-state index < -0.39 is 17.3 Å². The third kappa shape index (κ3) is 1.63. The zero-order valence-electron chi connectivity index (χ0n) is 9.85. The van der Waals surface area contributed by atoms with Gasteiger partial charge in [-0.05, 0) is 38.5 Å². The highest BCUT2D eigenvalue weighted by atomic mass is 16.4. The lowest BCUT2D eigenvalue weighted by molar-refractivity contribution is -0.145. The van der Waals surface area contributed by atoms with Crippen LogP contribution in [0.5, 0.6) is 0 Å². The number of benzene rings is 1. The summed E-state index contributed by atoms with van der Waals surface area (Å²) < 4.78 is 6.22. The fourth-order valence-electron chi connectivity index (χ4n) is 1.75. The number of hydrogen-bond donors (Lipinski definition) is 1. The van der Waals surface area contributed by atoms with Gasteiger partial charge in [0.2, 0.25) is 0 Å². The molecule has 0 saturated heterocycles. The molecule has 1 aromatic heterocycles. The van der Waals surface area contributed by atoms with Gasteiger partial charge in [-0.25, -0.2) is 9.59 Å². The van der Waals surface area contributed by atoms with Crippen molar-refractivity contribution in [3.63, 3.8) is 0 Å². The normalized spacial score (nSPS) is 11.9. The van der Waals surface area contributed by atoms with Crippen LogP contribution in [-0.2, 0) is 10.3 Å². The van der Waals surface area contributed by atoms with Gasteiger partial charge in [-0.3, -0.25) is 4.57 Å². The molecule has 0 aliphatic carbocycles. The van der Waals surface area contributed by atoms with Crippen molar-refractivity contribution < 1.29 is 14.3 Å². The minimum Gasteiger partial charge on any atom is -0.480 e. The summed E-state index contributed by atoms with van der Waals surface area (Å²) in [5.74, 6) is -1.74. The summed E-state index contributed by atoms with van der Waals surface area (Å²) in [6.07, 6.45) is 0. The Bertz CT molecular complexity index is 648. The van der Waals surface area contributed by atoms with Crippen LogP contribution in [0.15, 0.2) is 27.4 Å². The molecule has 0 fully saturated rings. The van der Waals surface area contributed by atoms with Gasteiger partial charge in [-0.1, -0.05) is 6.07 Å². The molecule has 2 aromatic rings. The van der Waals surface area contributed by atoms with Gasteiger partial charge in [0.15, 0.2) is 5.58 Å². The summed E-state index contributed by atoms with van der Waals surface area (Å²) in [4.78, 5) is 22.9. The number of fused-ring (bicyclic) bond motifs is 1. The molecule has 0 aliphatic rings. The molecule has 1 heterocycles. The zero-order valence-corrected chi connectivity index (χ0v) is 9.85. The van der Waals surface area contributed by atoms with Gasteiger partial charge in [-0.2, -0.15) is 0 Å². The lowest BCUT2D eigenvalue weighted by Crippen LogP contribution is -2.40. The smallest absolute Gasteiger partial charge is 0.420 e. The van der Waals surface area contributed by atoms with Crippen LogP contribution in [0, 0.1) is 6.92 Å². The highest BCUT2D eigenvalue weighted by molar-refractivity contribution is 5.81. The van der Waals surface area contributed by atoms with Gasteiger partial charge in [0.1, 0.15) is 5.54 Å². The van der Waals surface area contributed by atoms with Crippen molar-refractivity contribution in [3.05, 3.63) is 34.3 Å². The maximum Gasteiger partial charge on any atom is 0.420 e.